The second-order valence-corrected chi connectivity index (χ2v) is 13.1. The third-order valence-electron chi connectivity index (χ3n) is 8.98. The number of aliphatic hydroxyl groups excluding tert-OH is 1. The standard InChI is InChI=1S/C32H40ClNO4/c1-6-28(35)31(5)15-13-23(31)18-34-19-32(14-7-8-21-16-24(33)10-11-25(21)32)20-37-27-12-9-22(17-26(27)34)29(36)38-30(2,3)4/h6,9-12,16-17,23,28,35H,1,7-8,13-15,18-20H2,2-5H3/t23-,28+,31+,32+/m1/s1. The Hall–Kier alpha value is -2.50. The number of halogens is 1. The Labute approximate surface area is 231 Å². The Balaban J connectivity index is 1.55. The van der Waals surface area contributed by atoms with Crippen molar-refractivity contribution >= 4 is 23.3 Å². The first-order valence-electron chi connectivity index (χ1n) is 13.8. The van der Waals surface area contributed by atoms with Gasteiger partial charge in [0.15, 0.2) is 0 Å². The Morgan fingerprint density at radius 3 is 2.76 bits per heavy atom. The molecule has 1 spiro atoms. The molecule has 1 aliphatic heterocycles. The Kier molecular flexibility index (Phi) is 7.06. The topological polar surface area (TPSA) is 59.0 Å². The van der Waals surface area contributed by atoms with Gasteiger partial charge in [0.2, 0.25) is 0 Å². The molecule has 5 nitrogen and oxygen atoms in total. The van der Waals surface area contributed by atoms with E-state index in [9.17, 15) is 9.90 Å². The van der Waals surface area contributed by atoms with E-state index in [2.05, 4.69) is 30.5 Å². The van der Waals surface area contributed by atoms with Crippen molar-refractivity contribution in [3.05, 3.63) is 70.8 Å². The first-order chi connectivity index (χ1) is 17.9. The molecule has 0 unspecified atom stereocenters. The largest absolute Gasteiger partial charge is 0.490 e. The van der Waals surface area contributed by atoms with Crippen LogP contribution in [0.25, 0.3) is 0 Å². The van der Waals surface area contributed by atoms with Crippen LogP contribution in [0.5, 0.6) is 5.75 Å². The van der Waals surface area contributed by atoms with Crippen LogP contribution in [-0.4, -0.2) is 42.5 Å². The maximum Gasteiger partial charge on any atom is 0.338 e. The monoisotopic (exact) mass is 537 g/mol. The molecule has 1 N–H and O–H groups in total. The zero-order valence-electron chi connectivity index (χ0n) is 23.1. The predicted octanol–water partition coefficient (Wildman–Crippen LogP) is 6.73. The molecular weight excluding hydrogens is 498 g/mol. The fourth-order valence-electron chi connectivity index (χ4n) is 6.61. The zero-order valence-corrected chi connectivity index (χ0v) is 23.8. The lowest BCUT2D eigenvalue weighted by molar-refractivity contribution is -0.0466. The summed E-state index contributed by atoms with van der Waals surface area (Å²) < 4.78 is 12.2. The average Bonchev–Trinajstić information content (AvgIpc) is 3.01. The summed E-state index contributed by atoms with van der Waals surface area (Å²) in [5.74, 6) is 0.727. The number of hydrogen-bond acceptors (Lipinski definition) is 5. The molecule has 3 aliphatic rings. The number of carbonyl (C=O) groups is 1. The molecule has 6 heteroatoms. The van der Waals surface area contributed by atoms with Crippen molar-refractivity contribution in [1.29, 1.82) is 0 Å². The molecule has 0 radical (unpaired) electrons. The number of ether oxygens (including phenoxy) is 2. The maximum absolute atomic E-state index is 13.0. The number of esters is 1. The number of hydrogen-bond donors (Lipinski definition) is 1. The first-order valence-corrected chi connectivity index (χ1v) is 14.2. The van der Waals surface area contributed by atoms with E-state index >= 15 is 0 Å². The minimum atomic E-state index is -0.578. The summed E-state index contributed by atoms with van der Waals surface area (Å²) in [7, 11) is 0. The summed E-state index contributed by atoms with van der Waals surface area (Å²) in [6.45, 7) is 13.7. The van der Waals surface area contributed by atoms with Crippen LogP contribution >= 0.6 is 11.6 Å². The number of nitrogens with zero attached hydrogens (tertiary/aromatic N) is 1. The van der Waals surface area contributed by atoms with Gasteiger partial charge in [-0.05, 0) is 100 Å². The summed E-state index contributed by atoms with van der Waals surface area (Å²) in [6, 6.07) is 11.9. The molecule has 0 aromatic heterocycles. The van der Waals surface area contributed by atoms with Crippen molar-refractivity contribution in [2.24, 2.45) is 11.3 Å². The van der Waals surface area contributed by atoms with Crippen molar-refractivity contribution in [3.8, 4) is 5.75 Å². The first kappa shape index (κ1) is 27.1. The van der Waals surface area contributed by atoms with Gasteiger partial charge in [0.25, 0.3) is 0 Å². The van der Waals surface area contributed by atoms with E-state index in [0.717, 1.165) is 61.7 Å². The van der Waals surface area contributed by atoms with Crippen molar-refractivity contribution in [2.75, 3.05) is 24.6 Å². The molecule has 0 amide bonds. The van der Waals surface area contributed by atoms with Crippen LogP contribution in [0.15, 0.2) is 49.1 Å². The molecule has 2 aromatic carbocycles. The van der Waals surface area contributed by atoms with E-state index in [-0.39, 0.29) is 22.7 Å². The van der Waals surface area contributed by atoms with Crippen molar-refractivity contribution in [3.63, 3.8) is 0 Å². The highest BCUT2D eigenvalue weighted by Gasteiger charge is 2.49. The fraction of sp³-hybridized carbons (Fsp3) is 0.531. The second-order valence-electron chi connectivity index (χ2n) is 12.7. The highest BCUT2D eigenvalue weighted by atomic mass is 35.5. The Bertz CT molecular complexity index is 1240. The number of rotatable bonds is 5. The lowest BCUT2D eigenvalue weighted by Gasteiger charge is -2.52. The smallest absolute Gasteiger partial charge is 0.338 e. The average molecular weight is 538 g/mol. The molecule has 1 fully saturated rings. The number of anilines is 1. The highest BCUT2D eigenvalue weighted by molar-refractivity contribution is 6.30. The van der Waals surface area contributed by atoms with E-state index < -0.39 is 11.7 Å². The normalized spacial score (nSPS) is 27.3. The van der Waals surface area contributed by atoms with Gasteiger partial charge >= 0.3 is 5.97 Å². The van der Waals surface area contributed by atoms with Crippen molar-refractivity contribution in [1.82, 2.24) is 0 Å². The molecule has 0 saturated heterocycles. The molecule has 2 aromatic rings. The third kappa shape index (κ3) is 4.96. The summed E-state index contributed by atoms with van der Waals surface area (Å²) in [4.78, 5) is 15.4. The van der Waals surface area contributed by atoms with Crippen molar-refractivity contribution < 1.29 is 19.4 Å². The third-order valence-corrected chi connectivity index (χ3v) is 9.21. The molecule has 38 heavy (non-hydrogen) atoms. The van der Waals surface area contributed by atoms with E-state index in [4.69, 9.17) is 21.1 Å². The molecule has 2 aliphatic carbocycles. The number of aliphatic hydroxyl groups is 1. The summed E-state index contributed by atoms with van der Waals surface area (Å²) in [5.41, 5.74) is 3.04. The minimum absolute atomic E-state index is 0.194. The molecule has 5 rings (SSSR count). The lowest BCUT2D eigenvalue weighted by atomic mass is 9.58. The molecular formula is C32H40ClNO4. The van der Waals surface area contributed by atoms with Gasteiger partial charge in [-0.2, -0.15) is 0 Å². The van der Waals surface area contributed by atoms with Gasteiger partial charge in [0, 0.05) is 28.9 Å². The summed E-state index contributed by atoms with van der Waals surface area (Å²) in [5, 5.41) is 11.5. The van der Waals surface area contributed by atoms with Gasteiger partial charge in [-0.15, -0.1) is 6.58 Å². The van der Waals surface area contributed by atoms with Crippen LogP contribution in [0, 0.1) is 11.3 Å². The minimum Gasteiger partial charge on any atom is -0.490 e. The Morgan fingerprint density at radius 2 is 2.08 bits per heavy atom. The fourth-order valence-corrected chi connectivity index (χ4v) is 6.80. The quantitative estimate of drug-likeness (QED) is 0.338. The van der Waals surface area contributed by atoms with Gasteiger partial charge < -0.3 is 19.5 Å². The SMILES string of the molecule is C=C[C@H](O)[C@@]1(C)CC[C@@H]1CN1C[C@@]2(CCCc3cc(Cl)ccc32)COc2ccc(C(=O)OC(C)(C)C)cc21. The van der Waals surface area contributed by atoms with Gasteiger partial charge in [0.1, 0.15) is 11.4 Å². The number of benzene rings is 2. The number of carbonyl (C=O) groups excluding carboxylic acids is 1. The van der Waals surface area contributed by atoms with Gasteiger partial charge in [-0.1, -0.05) is 30.7 Å². The highest BCUT2D eigenvalue weighted by Crippen LogP contribution is 2.52. The predicted molar refractivity (Wildman–Crippen MR) is 152 cm³/mol. The molecule has 1 saturated carbocycles. The van der Waals surface area contributed by atoms with Crippen LogP contribution < -0.4 is 9.64 Å². The molecule has 204 valence electrons. The van der Waals surface area contributed by atoms with E-state index in [1.54, 1.807) is 12.1 Å². The number of aryl methyl sites for hydroxylation is 1. The van der Waals surface area contributed by atoms with E-state index in [1.165, 1.54) is 11.1 Å². The Morgan fingerprint density at radius 1 is 1.29 bits per heavy atom. The molecule has 4 atom stereocenters. The maximum atomic E-state index is 13.0. The summed E-state index contributed by atoms with van der Waals surface area (Å²) in [6.07, 6.45) is 6.21. The van der Waals surface area contributed by atoms with E-state index in [0.29, 0.717) is 12.2 Å². The van der Waals surface area contributed by atoms with Crippen molar-refractivity contribution in [2.45, 2.75) is 76.9 Å². The second kappa shape index (κ2) is 9.91. The molecule has 0 bridgehead atoms. The zero-order chi connectivity index (χ0) is 27.3. The molecule has 1 heterocycles. The van der Waals surface area contributed by atoms with E-state index in [1.807, 2.05) is 39.0 Å². The van der Waals surface area contributed by atoms with Crippen LogP contribution in [0.4, 0.5) is 5.69 Å². The van der Waals surface area contributed by atoms with Crippen LogP contribution in [0.3, 0.4) is 0 Å². The van der Waals surface area contributed by atoms with Gasteiger partial charge in [-0.3, -0.25) is 0 Å². The van der Waals surface area contributed by atoms with Gasteiger partial charge in [0.05, 0.1) is 24.0 Å². The number of fused-ring (bicyclic) bond motifs is 3. The van der Waals surface area contributed by atoms with Gasteiger partial charge in [-0.25, -0.2) is 4.79 Å². The van der Waals surface area contributed by atoms with Crippen LogP contribution in [0.2, 0.25) is 5.02 Å². The lowest BCUT2D eigenvalue weighted by Crippen LogP contribution is -2.53. The van der Waals surface area contributed by atoms with Crippen LogP contribution in [-0.2, 0) is 16.6 Å². The van der Waals surface area contributed by atoms with Crippen LogP contribution in [0.1, 0.15) is 74.9 Å². The summed E-state index contributed by atoms with van der Waals surface area (Å²) >= 11 is 6.38.